The molecular weight excluding hydrogens is 244 g/mol. The van der Waals surface area contributed by atoms with Crippen LogP contribution < -0.4 is 10.2 Å². The summed E-state index contributed by atoms with van der Waals surface area (Å²) >= 11 is 0. The molecule has 2 rings (SSSR count). The van der Waals surface area contributed by atoms with Crippen LogP contribution in [0.4, 0.5) is 0 Å². The first-order chi connectivity index (χ1) is 8.09. The molecule has 0 saturated carbocycles. The van der Waals surface area contributed by atoms with Crippen LogP contribution in [0.15, 0.2) is 28.2 Å². The van der Waals surface area contributed by atoms with E-state index in [1.165, 1.54) is 18.5 Å². The predicted molar refractivity (Wildman–Crippen MR) is 61.2 cm³/mol. The largest absolute Gasteiger partial charge is 0.377 e. The number of pyridine rings is 1. The van der Waals surface area contributed by atoms with Crippen molar-refractivity contribution in [2.24, 2.45) is 0 Å². The molecule has 0 bridgehead atoms. The van der Waals surface area contributed by atoms with Crippen LogP contribution in [0.2, 0.25) is 0 Å². The van der Waals surface area contributed by atoms with E-state index >= 15 is 0 Å². The molecular formula is C10H14N2O4S. The molecule has 2 heterocycles. The predicted octanol–water partition coefficient (Wildman–Crippen LogP) is -0.168. The van der Waals surface area contributed by atoms with E-state index < -0.39 is 15.5 Å². The standard InChI is InChI=1S/C10H14N2O4S/c13-9-3-4-11-7-10(9)17(14,15)12-6-8-2-1-5-16-8/h3-4,7-8,12H,1-2,5-6H2,(H,11,13). The van der Waals surface area contributed by atoms with E-state index in [0.29, 0.717) is 6.61 Å². The van der Waals surface area contributed by atoms with Gasteiger partial charge in [0, 0.05) is 31.6 Å². The highest BCUT2D eigenvalue weighted by molar-refractivity contribution is 7.89. The monoisotopic (exact) mass is 258 g/mol. The van der Waals surface area contributed by atoms with E-state index in [9.17, 15) is 13.2 Å². The summed E-state index contributed by atoms with van der Waals surface area (Å²) in [5, 5.41) is 0. The van der Waals surface area contributed by atoms with E-state index in [0.717, 1.165) is 12.8 Å². The second-order valence-corrected chi connectivity index (χ2v) is 5.60. The lowest BCUT2D eigenvalue weighted by Gasteiger charge is -2.10. The van der Waals surface area contributed by atoms with Crippen molar-refractivity contribution in [2.45, 2.75) is 23.8 Å². The Kier molecular flexibility index (Phi) is 3.60. The zero-order chi connectivity index (χ0) is 12.3. The molecule has 7 heteroatoms. The van der Waals surface area contributed by atoms with Gasteiger partial charge in [-0.2, -0.15) is 0 Å². The van der Waals surface area contributed by atoms with Crippen molar-refractivity contribution >= 4 is 10.0 Å². The van der Waals surface area contributed by atoms with Gasteiger partial charge in [-0.25, -0.2) is 13.1 Å². The van der Waals surface area contributed by atoms with Crippen LogP contribution >= 0.6 is 0 Å². The van der Waals surface area contributed by atoms with E-state index in [-0.39, 0.29) is 17.5 Å². The lowest BCUT2D eigenvalue weighted by Crippen LogP contribution is -2.34. The molecule has 1 atom stereocenters. The molecule has 0 spiro atoms. The minimum atomic E-state index is -3.75. The summed E-state index contributed by atoms with van der Waals surface area (Å²) in [6.07, 6.45) is 4.26. The summed E-state index contributed by atoms with van der Waals surface area (Å²) in [5.41, 5.74) is -0.524. The van der Waals surface area contributed by atoms with Crippen LogP contribution in [0, 0.1) is 0 Å². The number of H-pyrrole nitrogens is 1. The fourth-order valence-electron chi connectivity index (χ4n) is 1.70. The third-order valence-corrected chi connectivity index (χ3v) is 4.05. The molecule has 1 aliphatic rings. The van der Waals surface area contributed by atoms with Crippen molar-refractivity contribution in [3.63, 3.8) is 0 Å². The highest BCUT2D eigenvalue weighted by atomic mass is 32.2. The first kappa shape index (κ1) is 12.3. The summed E-state index contributed by atoms with van der Waals surface area (Å²) < 4.78 is 31.3. The molecule has 0 aromatic carbocycles. The van der Waals surface area contributed by atoms with Gasteiger partial charge in [0.1, 0.15) is 4.90 Å². The molecule has 17 heavy (non-hydrogen) atoms. The van der Waals surface area contributed by atoms with Gasteiger partial charge in [0.15, 0.2) is 0 Å². The molecule has 0 radical (unpaired) electrons. The second kappa shape index (κ2) is 4.99. The molecule has 0 aliphatic carbocycles. The van der Waals surface area contributed by atoms with Crippen LogP contribution in [0.5, 0.6) is 0 Å². The molecule has 1 aliphatic heterocycles. The maximum Gasteiger partial charge on any atom is 0.246 e. The van der Waals surface area contributed by atoms with Gasteiger partial charge in [0.05, 0.1) is 6.10 Å². The fraction of sp³-hybridized carbons (Fsp3) is 0.500. The van der Waals surface area contributed by atoms with Crippen LogP contribution in [0.1, 0.15) is 12.8 Å². The average molecular weight is 258 g/mol. The van der Waals surface area contributed by atoms with E-state index in [1.807, 2.05) is 0 Å². The van der Waals surface area contributed by atoms with Crippen LogP contribution in [-0.4, -0.2) is 32.7 Å². The van der Waals surface area contributed by atoms with Gasteiger partial charge in [-0.1, -0.05) is 0 Å². The number of rotatable bonds is 4. The number of sulfonamides is 1. The third-order valence-electron chi connectivity index (χ3n) is 2.60. The first-order valence-corrected chi connectivity index (χ1v) is 6.86. The zero-order valence-corrected chi connectivity index (χ0v) is 10.00. The van der Waals surface area contributed by atoms with E-state index in [2.05, 4.69) is 9.71 Å². The Balaban J connectivity index is 2.08. The number of aromatic nitrogens is 1. The molecule has 2 N–H and O–H groups in total. The van der Waals surface area contributed by atoms with Gasteiger partial charge in [0.25, 0.3) is 0 Å². The van der Waals surface area contributed by atoms with Crippen molar-refractivity contribution in [3.05, 3.63) is 28.7 Å². The number of hydrogen-bond donors (Lipinski definition) is 2. The van der Waals surface area contributed by atoms with E-state index in [1.54, 1.807) is 0 Å². The minimum absolute atomic E-state index is 0.0902. The average Bonchev–Trinajstić information content (AvgIpc) is 2.80. The summed E-state index contributed by atoms with van der Waals surface area (Å²) in [6, 6.07) is 1.18. The molecule has 1 saturated heterocycles. The van der Waals surface area contributed by atoms with Gasteiger partial charge in [-0.05, 0) is 12.8 Å². The van der Waals surface area contributed by atoms with Crippen LogP contribution in [-0.2, 0) is 14.8 Å². The SMILES string of the molecule is O=c1cc[nH]cc1S(=O)(=O)NCC1CCCO1. The smallest absolute Gasteiger partial charge is 0.246 e. The number of nitrogens with one attached hydrogen (secondary N) is 2. The lowest BCUT2D eigenvalue weighted by atomic mass is 10.2. The normalized spacial score (nSPS) is 20.6. The molecule has 0 amide bonds. The summed E-state index contributed by atoms with van der Waals surface area (Å²) in [6.45, 7) is 0.870. The van der Waals surface area contributed by atoms with Crippen molar-refractivity contribution in [2.75, 3.05) is 13.2 Å². The molecule has 1 unspecified atom stereocenters. The Labute approximate surface area is 99.1 Å². The van der Waals surface area contributed by atoms with E-state index in [4.69, 9.17) is 4.74 Å². The zero-order valence-electron chi connectivity index (χ0n) is 9.18. The highest BCUT2D eigenvalue weighted by Gasteiger charge is 2.21. The Morgan fingerprint density at radius 3 is 3.00 bits per heavy atom. The number of aromatic amines is 1. The van der Waals surface area contributed by atoms with Gasteiger partial charge in [-0.3, -0.25) is 4.79 Å². The van der Waals surface area contributed by atoms with Crippen molar-refractivity contribution < 1.29 is 13.2 Å². The minimum Gasteiger partial charge on any atom is -0.377 e. The fourth-order valence-corrected chi connectivity index (χ4v) is 2.81. The summed E-state index contributed by atoms with van der Waals surface area (Å²) in [5.74, 6) is 0. The van der Waals surface area contributed by atoms with Crippen molar-refractivity contribution in [1.29, 1.82) is 0 Å². The molecule has 1 aromatic rings. The second-order valence-electron chi connectivity index (χ2n) is 3.86. The van der Waals surface area contributed by atoms with Crippen LogP contribution in [0.3, 0.4) is 0 Å². The lowest BCUT2D eigenvalue weighted by molar-refractivity contribution is 0.114. The Morgan fingerprint density at radius 2 is 2.35 bits per heavy atom. The van der Waals surface area contributed by atoms with Gasteiger partial charge in [-0.15, -0.1) is 0 Å². The van der Waals surface area contributed by atoms with Crippen LogP contribution in [0.25, 0.3) is 0 Å². The Bertz CT molecular complexity index is 531. The van der Waals surface area contributed by atoms with Gasteiger partial charge >= 0.3 is 0 Å². The molecule has 1 aromatic heterocycles. The quantitative estimate of drug-likeness (QED) is 0.785. The molecule has 6 nitrogen and oxygen atoms in total. The highest BCUT2D eigenvalue weighted by Crippen LogP contribution is 2.11. The third kappa shape index (κ3) is 2.93. The van der Waals surface area contributed by atoms with Crippen molar-refractivity contribution in [3.8, 4) is 0 Å². The summed E-state index contributed by atoms with van der Waals surface area (Å²) in [7, 11) is -3.75. The van der Waals surface area contributed by atoms with Crippen molar-refractivity contribution in [1.82, 2.24) is 9.71 Å². The topological polar surface area (TPSA) is 88.3 Å². The molecule has 94 valence electrons. The first-order valence-electron chi connectivity index (χ1n) is 5.38. The summed E-state index contributed by atoms with van der Waals surface area (Å²) in [4.78, 5) is 13.7. The maximum atomic E-state index is 11.8. The van der Waals surface area contributed by atoms with Gasteiger partial charge < -0.3 is 9.72 Å². The Hall–Kier alpha value is -1.18. The molecule has 1 fully saturated rings. The number of hydrogen-bond acceptors (Lipinski definition) is 4. The van der Waals surface area contributed by atoms with Gasteiger partial charge in [0.2, 0.25) is 15.5 Å². The Morgan fingerprint density at radius 1 is 1.53 bits per heavy atom. The maximum absolute atomic E-state index is 11.8. The number of ether oxygens (including phenoxy) is 1.